The molecule has 1 fully saturated rings. The van der Waals surface area contributed by atoms with Crippen LogP contribution in [0.25, 0.3) is 10.2 Å². The van der Waals surface area contributed by atoms with E-state index in [4.69, 9.17) is 4.98 Å². The van der Waals surface area contributed by atoms with Crippen LogP contribution < -0.4 is 4.90 Å². The van der Waals surface area contributed by atoms with Crippen LogP contribution in [0.4, 0.5) is 5.13 Å². The Morgan fingerprint density at radius 2 is 1.63 bits per heavy atom. The third-order valence-corrected chi connectivity index (χ3v) is 9.40. The zero-order chi connectivity index (χ0) is 24.4. The van der Waals surface area contributed by atoms with Crippen LogP contribution in [0, 0.1) is 12.8 Å². The van der Waals surface area contributed by atoms with Crippen LogP contribution in [0.5, 0.6) is 0 Å². The summed E-state index contributed by atoms with van der Waals surface area (Å²) < 4.78 is 28.7. The second kappa shape index (κ2) is 9.89. The van der Waals surface area contributed by atoms with Gasteiger partial charge in [-0.2, -0.15) is 4.31 Å². The summed E-state index contributed by atoms with van der Waals surface area (Å²) in [6, 6.07) is 24.7. The molecule has 4 aromatic rings. The summed E-state index contributed by atoms with van der Waals surface area (Å²) in [5.74, 6) is -0.254. The zero-order valence-electron chi connectivity index (χ0n) is 19.5. The number of amides is 1. The molecule has 0 radical (unpaired) electrons. The second-order valence-corrected chi connectivity index (χ2v) is 11.8. The highest BCUT2D eigenvalue weighted by molar-refractivity contribution is 7.89. The number of anilines is 1. The van der Waals surface area contributed by atoms with E-state index in [-0.39, 0.29) is 11.8 Å². The summed E-state index contributed by atoms with van der Waals surface area (Å²) in [6.45, 7) is 3.01. The average molecular weight is 506 g/mol. The minimum absolute atomic E-state index is 0.000271. The highest BCUT2D eigenvalue weighted by Crippen LogP contribution is 2.33. The topological polar surface area (TPSA) is 70.6 Å². The van der Waals surface area contributed by atoms with Gasteiger partial charge < -0.3 is 0 Å². The molecule has 0 bridgehead atoms. The molecule has 3 aromatic carbocycles. The van der Waals surface area contributed by atoms with E-state index in [0.717, 1.165) is 21.3 Å². The molecule has 0 aliphatic carbocycles. The van der Waals surface area contributed by atoms with Gasteiger partial charge in [-0.25, -0.2) is 13.4 Å². The van der Waals surface area contributed by atoms with E-state index >= 15 is 0 Å². The summed E-state index contributed by atoms with van der Waals surface area (Å²) in [5, 5.41) is 0.676. The summed E-state index contributed by atoms with van der Waals surface area (Å²) in [4.78, 5) is 20.6. The standard InChI is InChI=1S/C27H27N3O3S2/c1-20-11-13-23(14-12-20)35(32,33)29-17-15-22(16-18-29)26(31)30(19-21-7-3-2-4-8-21)27-28-24-9-5-6-10-25(24)34-27/h2-14,22H,15-19H2,1H3. The van der Waals surface area contributed by atoms with Crippen molar-refractivity contribution in [3.63, 3.8) is 0 Å². The van der Waals surface area contributed by atoms with Gasteiger partial charge in [-0.05, 0) is 49.6 Å². The van der Waals surface area contributed by atoms with Gasteiger partial charge in [-0.3, -0.25) is 9.69 Å². The van der Waals surface area contributed by atoms with Crippen LogP contribution in [-0.4, -0.2) is 36.7 Å². The normalized spacial score (nSPS) is 15.3. The smallest absolute Gasteiger partial charge is 0.243 e. The molecule has 2 heterocycles. The fraction of sp³-hybridized carbons (Fsp3) is 0.259. The van der Waals surface area contributed by atoms with Crippen molar-refractivity contribution in [3.05, 3.63) is 90.0 Å². The Morgan fingerprint density at radius 1 is 0.971 bits per heavy atom. The molecule has 0 saturated carbocycles. The fourth-order valence-corrected chi connectivity index (χ4v) is 6.84. The van der Waals surface area contributed by atoms with Crippen molar-refractivity contribution < 1.29 is 13.2 Å². The maximum absolute atomic E-state index is 13.8. The Hall–Kier alpha value is -3.07. The molecule has 0 spiro atoms. The molecule has 1 aliphatic heterocycles. The average Bonchev–Trinajstić information content (AvgIpc) is 3.32. The molecule has 1 saturated heterocycles. The van der Waals surface area contributed by atoms with Crippen LogP contribution in [0.2, 0.25) is 0 Å². The molecular weight excluding hydrogens is 478 g/mol. The van der Waals surface area contributed by atoms with Crippen molar-refractivity contribution in [2.45, 2.75) is 31.2 Å². The van der Waals surface area contributed by atoms with Gasteiger partial charge in [0.15, 0.2) is 5.13 Å². The number of carbonyl (C=O) groups is 1. The number of aromatic nitrogens is 1. The highest BCUT2D eigenvalue weighted by atomic mass is 32.2. The minimum Gasteiger partial charge on any atom is -0.283 e. The number of hydrogen-bond donors (Lipinski definition) is 0. The number of benzene rings is 3. The Bertz CT molecular complexity index is 1390. The summed E-state index contributed by atoms with van der Waals surface area (Å²) in [5.41, 5.74) is 2.92. The molecule has 1 amide bonds. The first-order chi connectivity index (χ1) is 16.9. The van der Waals surface area contributed by atoms with Crippen molar-refractivity contribution in [3.8, 4) is 0 Å². The van der Waals surface area contributed by atoms with E-state index in [1.54, 1.807) is 17.0 Å². The van der Waals surface area contributed by atoms with Gasteiger partial charge in [0.1, 0.15) is 0 Å². The first-order valence-corrected chi connectivity index (χ1v) is 14.0. The van der Waals surface area contributed by atoms with E-state index in [1.165, 1.54) is 15.6 Å². The van der Waals surface area contributed by atoms with Crippen LogP contribution in [0.3, 0.4) is 0 Å². The van der Waals surface area contributed by atoms with Crippen LogP contribution in [-0.2, 0) is 21.4 Å². The van der Waals surface area contributed by atoms with Gasteiger partial charge in [0.25, 0.3) is 0 Å². The predicted octanol–water partition coefficient (Wildman–Crippen LogP) is 5.24. The number of piperidine rings is 1. The van der Waals surface area contributed by atoms with E-state index in [2.05, 4.69) is 0 Å². The molecule has 35 heavy (non-hydrogen) atoms. The third-order valence-electron chi connectivity index (χ3n) is 6.42. The molecule has 180 valence electrons. The molecule has 1 aliphatic rings. The Morgan fingerprint density at radius 3 is 2.31 bits per heavy atom. The maximum Gasteiger partial charge on any atom is 0.243 e. The Balaban J connectivity index is 1.35. The number of nitrogens with zero attached hydrogens (tertiary/aromatic N) is 3. The predicted molar refractivity (Wildman–Crippen MR) is 140 cm³/mol. The van der Waals surface area contributed by atoms with Crippen LogP contribution in [0.1, 0.15) is 24.0 Å². The third kappa shape index (κ3) is 5.00. The Kier molecular flexibility index (Phi) is 6.69. The van der Waals surface area contributed by atoms with E-state index in [9.17, 15) is 13.2 Å². The van der Waals surface area contributed by atoms with Gasteiger partial charge in [0.05, 0.1) is 21.7 Å². The summed E-state index contributed by atoms with van der Waals surface area (Å²) in [6.07, 6.45) is 0.972. The van der Waals surface area contributed by atoms with Crippen molar-refractivity contribution >= 4 is 42.6 Å². The van der Waals surface area contributed by atoms with Crippen molar-refractivity contribution in [1.29, 1.82) is 0 Å². The Labute approximate surface area is 209 Å². The van der Waals surface area contributed by atoms with Crippen molar-refractivity contribution in [2.75, 3.05) is 18.0 Å². The monoisotopic (exact) mass is 505 g/mol. The number of thiazole rings is 1. The van der Waals surface area contributed by atoms with Crippen LogP contribution >= 0.6 is 11.3 Å². The summed E-state index contributed by atoms with van der Waals surface area (Å²) >= 11 is 1.51. The van der Waals surface area contributed by atoms with Gasteiger partial charge in [0, 0.05) is 19.0 Å². The lowest BCUT2D eigenvalue weighted by Crippen LogP contribution is -2.44. The van der Waals surface area contributed by atoms with Crippen LogP contribution in [0.15, 0.2) is 83.8 Å². The van der Waals surface area contributed by atoms with E-state index in [1.807, 2.05) is 73.7 Å². The second-order valence-electron chi connectivity index (χ2n) is 8.87. The lowest BCUT2D eigenvalue weighted by molar-refractivity contribution is -0.123. The molecule has 5 rings (SSSR count). The molecule has 8 heteroatoms. The lowest BCUT2D eigenvalue weighted by Gasteiger charge is -2.33. The molecule has 6 nitrogen and oxygen atoms in total. The number of rotatable bonds is 6. The van der Waals surface area contributed by atoms with Gasteiger partial charge in [-0.15, -0.1) is 0 Å². The number of aryl methyl sites for hydroxylation is 1. The van der Waals surface area contributed by atoms with Gasteiger partial charge in [-0.1, -0.05) is 71.5 Å². The first kappa shape index (κ1) is 23.7. The molecule has 0 unspecified atom stereocenters. The zero-order valence-corrected chi connectivity index (χ0v) is 21.1. The lowest BCUT2D eigenvalue weighted by atomic mass is 9.96. The maximum atomic E-state index is 13.8. The number of carbonyl (C=O) groups excluding carboxylic acids is 1. The number of para-hydroxylation sites is 1. The summed E-state index contributed by atoms with van der Waals surface area (Å²) in [7, 11) is -3.57. The largest absolute Gasteiger partial charge is 0.283 e. The van der Waals surface area contributed by atoms with Crippen molar-refractivity contribution in [2.24, 2.45) is 5.92 Å². The fourth-order valence-electron chi connectivity index (χ4n) is 4.40. The minimum atomic E-state index is -3.57. The van der Waals surface area contributed by atoms with Crippen molar-refractivity contribution in [1.82, 2.24) is 9.29 Å². The number of fused-ring (bicyclic) bond motifs is 1. The quantitative estimate of drug-likeness (QED) is 0.359. The number of sulfonamides is 1. The highest BCUT2D eigenvalue weighted by Gasteiger charge is 2.35. The number of hydrogen-bond acceptors (Lipinski definition) is 5. The van der Waals surface area contributed by atoms with Gasteiger partial charge >= 0.3 is 0 Å². The van der Waals surface area contributed by atoms with E-state index < -0.39 is 10.0 Å². The molecular formula is C27H27N3O3S2. The molecule has 1 aromatic heterocycles. The van der Waals surface area contributed by atoms with Gasteiger partial charge in [0.2, 0.25) is 15.9 Å². The SMILES string of the molecule is Cc1ccc(S(=O)(=O)N2CCC(C(=O)N(Cc3ccccc3)c3nc4ccccc4s3)CC2)cc1. The molecule has 0 N–H and O–H groups in total. The first-order valence-electron chi connectivity index (χ1n) is 11.7. The molecule has 0 atom stereocenters. The van der Waals surface area contributed by atoms with E-state index in [0.29, 0.717) is 42.5 Å².